The van der Waals surface area contributed by atoms with Gasteiger partial charge in [0.25, 0.3) is 0 Å². The molecule has 1 heterocycles. The molecule has 0 bridgehead atoms. The molecule has 0 aromatic heterocycles. The Bertz CT molecular complexity index is 1370. The van der Waals surface area contributed by atoms with Gasteiger partial charge in [0.15, 0.2) is 17.5 Å². The number of guanidine groups is 1. The van der Waals surface area contributed by atoms with Gasteiger partial charge in [0, 0.05) is 5.70 Å². The zero-order chi connectivity index (χ0) is 27.9. The molecule has 0 fully saturated rings. The molecule has 0 saturated carbocycles. The summed E-state index contributed by atoms with van der Waals surface area (Å²) in [6.07, 6.45) is 0. The van der Waals surface area contributed by atoms with Gasteiger partial charge in [0.2, 0.25) is 5.75 Å². The van der Waals surface area contributed by atoms with Crippen LogP contribution >= 0.6 is 0 Å². The molecule has 3 aromatic rings. The molecule has 0 aliphatic carbocycles. The summed E-state index contributed by atoms with van der Waals surface area (Å²) >= 11 is 0. The SMILES string of the molecule is COC(=O)C1=C(C)N(Cc2ccccc2)C(=NCc2cc(OC)c(OC)c(OC)c2)N[C@H]1c1cccc(F)c1. The molecule has 1 aliphatic rings. The number of benzene rings is 3. The van der Waals surface area contributed by atoms with Crippen LogP contribution in [0.25, 0.3) is 0 Å². The zero-order valence-corrected chi connectivity index (χ0v) is 22.7. The number of rotatable bonds is 9. The summed E-state index contributed by atoms with van der Waals surface area (Å²) in [5.74, 6) is 1.14. The van der Waals surface area contributed by atoms with E-state index in [0.717, 1.165) is 11.1 Å². The van der Waals surface area contributed by atoms with Crippen LogP contribution in [0.2, 0.25) is 0 Å². The second-order valence-corrected chi connectivity index (χ2v) is 8.87. The first-order chi connectivity index (χ1) is 18.9. The molecule has 0 unspecified atom stereocenters. The van der Waals surface area contributed by atoms with Crippen LogP contribution in [0.3, 0.4) is 0 Å². The highest BCUT2D eigenvalue weighted by molar-refractivity contribution is 5.96. The molecular formula is C30H32FN3O5. The Hall–Kier alpha value is -4.53. The fraction of sp³-hybridized carbons (Fsp3) is 0.267. The van der Waals surface area contributed by atoms with E-state index in [4.69, 9.17) is 23.9 Å². The number of aliphatic imine (C=N–C) groups is 1. The normalized spacial score (nSPS) is 16.1. The number of methoxy groups -OCH3 is 4. The van der Waals surface area contributed by atoms with Crippen molar-refractivity contribution < 1.29 is 28.1 Å². The maximum absolute atomic E-state index is 14.2. The van der Waals surface area contributed by atoms with Crippen molar-refractivity contribution >= 4 is 11.9 Å². The van der Waals surface area contributed by atoms with E-state index in [1.807, 2.05) is 54.3 Å². The lowest BCUT2D eigenvalue weighted by Crippen LogP contribution is -2.48. The van der Waals surface area contributed by atoms with Crippen molar-refractivity contribution in [1.82, 2.24) is 10.2 Å². The van der Waals surface area contributed by atoms with Crippen LogP contribution in [-0.4, -0.2) is 45.3 Å². The fourth-order valence-electron chi connectivity index (χ4n) is 4.59. The van der Waals surface area contributed by atoms with E-state index < -0.39 is 17.8 Å². The Kier molecular flexibility index (Phi) is 8.70. The van der Waals surface area contributed by atoms with Crippen molar-refractivity contribution in [3.05, 3.63) is 101 Å². The Morgan fingerprint density at radius 3 is 2.21 bits per heavy atom. The number of carbonyl (C=O) groups is 1. The summed E-state index contributed by atoms with van der Waals surface area (Å²) < 4.78 is 35.8. The largest absolute Gasteiger partial charge is 0.493 e. The molecule has 9 heteroatoms. The lowest BCUT2D eigenvalue weighted by atomic mass is 9.94. The van der Waals surface area contributed by atoms with Crippen LogP contribution in [0.1, 0.15) is 29.7 Å². The van der Waals surface area contributed by atoms with Gasteiger partial charge < -0.3 is 29.2 Å². The highest BCUT2D eigenvalue weighted by Crippen LogP contribution is 2.38. The minimum atomic E-state index is -0.668. The van der Waals surface area contributed by atoms with Gasteiger partial charge in [-0.25, -0.2) is 14.2 Å². The van der Waals surface area contributed by atoms with Gasteiger partial charge in [-0.2, -0.15) is 0 Å². The lowest BCUT2D eigenvalue weighted by Gasteiger charge is -2.38. The van der Waals surface area contributed by atoms with E-state index in [2.05, 4.69) is 5.32 Å². The van der Waals surface area contributed by atoms with E-state index in [0.29, 0.717) is 46.6 Å². The van der Waals surface area contributed by atoms with E-state index >= 15 is 0 Å². The van der Waals surface area contributed by atoms with E-state index in [-0.39, 0.29) is 6.54 Å². The number of hydrogen-bond donors (Lipinski definition) is 1. The second kappa shape index (κ2) is 12.3. The first kappa shape index (κ1) is 27.5. The molecule has 0 saturated heterocycles. The van der Waals surface area contributed by atoms with Crippen LogP contribution < -0.4 is 19.5 Å². The third kappa shape index (κ3) is 5.98. The maximum Gasteiger partial charge on any atom is 0.337 e. The summed E-state index contributed by atoms with van der Waals surface area (Å²) in [5, 5.41) is 3.38. The van der Waals surface area contributed by atoms with Gasteiger partial charge >= 0.3 is 5.97 Å². The monoisotopic (exact) mass is 533 g/mol. The third-order valence-electron chi connectivity index (χ3n) is 6.52. The number of nitrogens with one attached hydrogen (secondary N) is 1. The minimum absolute atomic E-state index is 0.265. The molecule has 1 aliphatic heterocycles. The predicted molar refractivity (Wildman–Crippen MR) is 146 cm³/mol. The molecule has 39 heavy (non-hydrogen) atoms. The van der Waals surface area contributed by atoms with Crippen LogP contribution in [0.5, 0.6) is 17.2 Å². The van der Waals surface area contributed by atoms with E-state index in [1.54, 1.807) is 33.5 Å². The third-order valence-corrected chi connectivity index (χ3v) is 6.52. The van der Waals surface area contributed by atoms with Crippen LogP contribution in [0.4, 0.5) is 4.39 Å². The highest BCUT2D eigenvalue weighted by Gasteiger charge is 2.35. The van der Waals surface area contributed by atoms with Gasteiger partial charge in [-0.1, -0.05) is 42.5 Å². The summed E-state index contributed by atoms with van der Waals surface area (Å²) in [5.41, 5.74) is 3.46. The van der Waals surface area contributed by atoms with Crippen molar-refractivity contribution in [2.24, 2.45) is 4.99 Å². The average Bonchev–Trinajstić information content (AvgIpc) is 2.96. The standard InChI is InChI=1S/C30H32FN3O5/c1-19-26(29(35)39-5)27(22-12-9-13-23(31)16-22)33-30(34(19)18-20-10-7-6-8-11-20)32-17-21-14-24(36-2)28(38-4)25(15-21)37-3/h6-16,27H,17-18H2,1-5H3,(H,32,33)/t27-/m0/s1. The summed E-state index contributed by atoms with van der Waals surface area (Å²) in [7, 11) is 6.00. The quantitative estimate of drug-likeness (QED) is 0.388. The van der Waals surface area contributed by atoms with Crippen molar-refractivity contribution in [3.63, 3.8) is 0 Å². The Labute approximate surface area is 227 Å². The van der Waals surface area contributed by atoms with E-state index in [1.165, 1.54) is 19.2 Å². The number of ether oxygens (including phenoxy) is 4. The van der Waals surface area contributed by atoms with Gasteiger partial charge in [-0.05, 0) is 47.9 Å². The molecule has 8 nitrogen and oxygen atoms in total. The van der Waals surface area contributed by atoms with Crippen LogP contribution in [-0.2, 0) is 22.6 Å². The Balaban J connectivity index is 1.81. The van der Waals surface area contributed by atoms with Gasteiger partial charge in [0.1, 0.15) is 5.82 Å². The Morgan fingerprint density at radius 1 is 0.923 bits per heavy atom. The molecular weight excluding hydrogens is 501 g/mol. The molecule has 0 spiro atoms. The molecule has 1 N–H and O–H groups in total. The fourth-order valence-corrected chi connectivity index (χ4v) is 4.59. The molecule has 204 valence electrons. The molecule has 0 amide bonds. The van der Waals surface area contributed by atoms with E-state index in [9.17, 15) is 9.18 Å². The van der Waals surface area contributed by atoms with Crippen molar-refractivity contribution in [3.8, 4) is 17.2 Å². The van der Waals surface area contributed by atoms with Crippen LogP contribution in [0, 0.1) is 5.82 Å². The maximum atomic E-state index is 14.2. The first-order valence-corrected chi connectivity index (χ1v) is 12.4. The van der Waals surface area contributed by atoms with Gasteiger partial charge in [-0.3, -0.25) is 0 Å². The van der Waals surface area contributed by atoms with Gasteiger partial charge in [-0.15, -0.1) is 0 Å². The molecule has 3 aromatic carbocycles. The minimum Gasteiger partial charge on any atom is -0.493 e. The number of halogens is 1. The summed E-state index contributed by atoms with van der Waals surface area (Å²) in [6, 6.07) is 19.0. The van der Waals surface area contributed by atoms with Gasteiger partial charge in [0.05, 0.1) is 53.1 Å². The number of carbonyl (C=O) groups excluding carboxylic acids is 1. The molecule has 1 atom stereocenters. The van der Waals surface area contributed by atoms with Crippen molar-refractivity contribution in [2.45, 2.75) is 26.1 Å². The predicted octanol–water partition coefficient (Wildman–Crippen LogP) is 5.00. The van der Waals surface area contributed by atoms with Crippen LogP contribution in [0.15, 0.2) is 83.0 Å². The van der Waals surface area contributed by atoms with Crippen molar-refractivity contribution in [2.75, 3.05) is 28.4 Å². The van der Waals surface area contributed by atoms with Crippen molar-refractivity contribution in [1.29, 1.82) is 0 Å². The average molecular weight is 534 g/mol. The smallest absolute Gasteiger partial charge is 0.337 e. The number of esters is 1. The summed E-state index contributed by atoms with van der Waals surface area (Å²) in [6.45, 7) is 2.56. The first-order valence-electron chi connectivity index (χ1n) is 12.4. The summed E-state index contributed by atoms with van der Waals surface area (Å²) in [4.78, 5) is 19.8. The number of hydrogen-bond acceptors (Lipinski definition) is 6. The Morgan fingerprint density at radius 2 is 1.62 bits per heavy atom. The molecule has 4 rings (SSSR count). The highest BCUT2D eigenvalue weighted by atomic mass is 19.1. The molecule has 0 radical (unpaired) electrons. The number of allylic oxidation sites excluding steroid dienone is 1. The zero-order valence-electron chi connectivity index (χ0n) is 22.7. The lowest BCUT2D eigenvalue weighted by molar-refractivity contribution is -0.136. The topological polar surface area (TPSA) is 81.6 Å². The second-order valence-electron chi connectivity index (χ2n) is 8.87. The number of nitrogens with zero attached hydrogens (tertiary/aromatic N) is 2.